The van der Waals surface area contributed by atoms with E-state index in [1.807, 2.05) is 6.92 Å². The van der Waals surface area contributed by atoms with E-state index >= 15 is 0 Å². The number of aryl methyl sites for hydroxylation is 1. The van der Waals surface area contributed by atoms with Gasteiger partial charge in [0.1, 0.15) is 30.8 Å². The predicted octanol–water partition coefficient (Wildman–Crippen LogP) is 2.25. The highest BCUT2D eigenvalue weighted by molar-refractivity contribution is 5.93. The van der Waals surface area contributed by atoms with Crippen LogP contribution >= 0.6 is 0 Å². The maximum Gasteiger partial charge on any atom is 0.312 e. The van der Waals surface area contributed by atoms with Crippen molar-refractivity contribution in [3.63, 3.8) is 0 Å². The van der Waals surface area contributed by atoms with E-state index in [-0.39, 0.29) is 42.9 Å². The summed E-state index contributed by atoms with van der Waals surface area (Å²) in [6, 6.07) is 4.53. The quantitative estimate of drug-likeness (QED) is 0.346. The topological polar surface area (TPSA) is 151 Å². The molecule has 246 valence electrons. The third-order valence-corrected chi connectivity index (χ3v) is 9.44. The molecule has 2 saturated heterocycles. The molecule has 3 aromatic rings. The molecule has 2 amide bonds. The van der Waals surface area contributed by atoms with Crippen molar-refractivity contribution in [2.24, 2.45) is 0 Å². The van der Waals surface area contributed by atoms with Crippen molar-refractivity contribution >= 4 is 28.8 Å². The zero-order valence-electron chi connectivity index (χ0n) is 26.0. The van der Waals surface area contributed by atoms with Gasteiger partial charge in [-0.15, -0.1) is 0 Å². The molecule has 0 spiro atoms. The van der Waals surface area contributed by atoms with Crippen LogP contribution in [0.25, 0.3) is 11.0 Å². The van der Waals surface area contributed by atoms with Crippen molar-refractivity contribution in [3.8, 4) is 0 Å². The van der Waals surface area contributed by atoms with Gasteiger partial charge in [-0.2, -0.15) is 0 Å². The van der Waals surface area contributed by atoms with Crippen LogP contribution in [0.15, 0.2) is 27.5 Å². The summed E-state index contributed by atoms with van der Waals surface area (Å²) in [5.74, 6) is -1.40. The Morgan fingerprint density at radius 3 is 2.46 bits per heavy atom. The Morgan fingerprint density at radius 2 is 1.74 bits per heavy atom. The lowest BCUT2D eigenvalue weighted by Gasteiger charge is -2.35. The van der Waals surface area contributed by atoms with Gasteiger partial charge >= 0.3 is 5.97 Å². The molecule has 0 radical (unpaired) electrons. The Kier molecular flexibility index (Phi) is 9.45. The van der Waals surface area contributed by atoms with Gasteiger partial charge in [-0.05, 0) is 64.3 Å². The number of halogens is 1. The van der Waals surface area contributed by atoms with Gasteiger partial charge in [0.2, 0.25) is 11.8 Å². The number of amides is 2. The van der Waals surface area contributed by atoms with Crippen LogP contribution < -0.4 is 5.56 Å². The molecular formula is C32H39FN6O7. The first-order valence-electron chi connectivity index (χ1n) is 15.9. The minimum atomic E-state index is -1.17. The Bertz CT molecular complexity index is 1670. The molecule has 2 aromatic heterocycles. The standard InChI is InChI=1S/C32H39FN6O7/c1-20-23(8-12-36-10-6-21(7-11-36)30-24-5-4-22(33)17-26(24)46-35-30)32(44)39-9-2-3-25(31(39)34-20)45-19-28(41)38-15-13-37(14-16-38)27(40)18-29(42)43/h4-5,17,21,25H,2-3,6-16,18-19H2,1H3,(H,42,43). The summed E-state index contributed by atoms with van der Waals surface area (Å²) in [6.45, 7) is 5.87. The van der Waals surface area contributed by atoms with Crippen molar-refractivity contribution in [1.82, 2.24) is 29.4 Å². The van der Waals surface area contributed by atoms with Gasteiger partial charge in [-0.1, -0.05) is 5.16 Å². The number of hydrogen-bond acceptors (Lipinski definition) is 9. The monoisotopic (exact) mass is 638 g/mol. The fraction of sp³-hybridized carbons (Fsp3) is 0.562. The number of carboxylic acids is 1. The Labute approximate surface area is 264 Å². The molecule has 1 atom stereocenters. The highest BCUT2D eigenvalue weighted by atomic mass is 19.1. The molecule has 3 aliphatic rings. The summed E-state index contributed by atoms with van der Waals surface area (Å²) in [5, 5.41) is 13.9. The molecule has 2 fully saturated rings. The molecule has 1 aromatic carbocycles. The zero-order valence-corrected chi connectivity index (χ0v) is 26.0. The number of ether oxygens (including phenoxy) is 1. The molecule has 1 N–H and O–H groups in total. The molecule has 13 nitrogen and oxygen atoms in total. The van der Waals surface area contributed by atoms with E-state index < -0.39 is 24.4 Å². The smallest absolute Gasteiger partial charge is 0.312 e. The van der Waals surface area contributed by atoms with Gasteiger partial charge < -0.3 is 29.1 Å². The lowest BCUT2D eigenvalue weighted by atomic mass is 9.91. The number of aliphatic carboxylic acids is 1. The molecule has 14 heteroatoms. The number of rotatable bonds is 9. The molecule has 6 rings (SSSR count). The van der Waals surface area contributed by atoms with Gasteiger partial charge in [0.15, 0.2) is 5.58 Å². The first-order valence-corrected chi connectivity index (χ1v) is 15.9. The second-order valence-electron chi connectivity index (χ2n) is 12.3. The molecule has 0 saturated carbocycles. The van der Waals surface area contributed by atoms with Gasteiger partial charge in [-0.3, -0.25) is 23.7 Å². The third-order valence-electron chi connectivity index (χ3n) is 9.44. The maximum absolute atomic E-state index is 13.6. The number of benzene rings is 1. The number of piperidine rings is 1. The average Bonchev–Trinajstić information content (AvgIpc) is 3.46. The Balaban J connectivity index is 1.01. The molecule has 5 heterocycles. The van der Waals surface area contributed by atoms with Crippen LogP contribution in [-0.4, -0.2) is 105 Å². The van der Waals surface area contributed by atoms with Gasteiger partial charge in [0.05, 0.1) is 5.69 Å². The summed E-state index contributed by atoms with van der Waals surface area (Å²) in [7, 11) is 0. The number of carbonyl (C=O) groups is 3. The summed E-state index contributed by atoms with van der Waals surface area (Å²) >= 11 is 0. The minimum absolute atomic E-state index is 0.0551. The number of hydrogen-bond donors (Lipinski definition) is 1. The van der Waals surface area contributed by atoms with Gasteiger partial charge in [-0.25, -0.2) is 9.37 Å². The van der Waals surface area contributed by atoms with Crippen molar-refractivity contribution in [3.05, 3.63) is 57.1 Å². The van der Waals surface area contributed by atoms with Crippen LogP contribution in [0.3, 0.4) is 0 Å². The van der Waals surface area contributed by atoms with Crippen LogP contribution in [0, 0.1) is 12.7 Å². The number of carboxylic acid groups (broad SMARTS) is 1. The van der Waals surface area contributed by atoms with Crippen molar-refractivity contribution in [2.75, 3.05) is 52.4 Å². The molecule has 0 aliphatic carbocycles. The van der Waals surface area contributed by atoms with E-state index in [2.05, 4.69) is 10.1 Å². The first kappa shape index (κ1) is 31.8. The van der Waals surface area contributed by atoms with Crippen LogP contribution in [0.4, 0.5) is 4.39 Å². The van der Waals surface area contributed by atoms with Crippen LogP contribution in [0.2, 0.25) is 0 Å². The van der Waals surface area contributed by atoms with Crippen LogP contribution in [0.5, 0.6) is 0 Å². The highest BCUT2D eigenvalue weighted by Gasteiger charge is 2.30. The molecule has 1 unspecified atom stereocenters. The lowest BCUT2D eigenvalue weighted by molar-refractivity contribution is -0.148. The second kappa shape index (κ2) is 13.7. The highest BCUT2D eigenvalue weighted by Crippen LogP contribution is 2.33. The number of carbonyl (C=O) groups excluding carboxylic acids is 2. The molecule has 46 heavy (non-hydrogen) atoms. The minimum Gasteiger partial charge on any atom is -0.481 e. The number of piperazine rings is 1. The summed E-state index contributed by atoms with van der Waals surface area (Å²) in [6.07, 6.45) is 2.74. The van der Waals surface area contributed by atoms with E-state index in [0.717, 1.165) is 50.0 Å². The number of fused-ring (bicyclic) bond motifs is 2. The Morgan fingerprint density at radius 1 is 1.02 bits per heavy atom. The van der Waals surface area contributed by atoms with Crippen molar-refractivity contribution in [2.45, 2.75) is 64.0 Å². The normalized spacial score (nSPS) is 19.4. The summed E-state index contributed by atoms with van der Waals surface area (Å²) in [5.41, 5.74) is 2.67. The van der Waals surface area contributed by atoms with Crippen molar-refractivity contribution in [1.29, 1.82) is 0 Å². The van der Waals surface area contributed by atoms with E-state index in [1.54, 1.807) is 15.5 Å². The van der Waals surface area contributed by atoms with Gasteiger partial charge in [0.25, 0.3) is 5.56 Å². The van der Waals surface area contributed by atoms with Crippen molar-refractivity contribution < 1.29 is 33.1 Å². The van der Waals surface area contributed by atoms with Crippen LogP contribution in [-0.2, 0) is 32.1 Å². The number of nitrogens with zero attached hydrogens (tertiary/aromatic N) is 6. The first-order chi connectivity index (χ1) is 22.2. The fourth-order valence-electron chi connectivity index (χ4n) is 6.83. The third kappa shape index (κ3) is 6.82. The van der Waals surface area contributed by atoms with E-state index in [0.29, 0.717) is 55.1 Å². The van der Waals surface area contributed by atoms with Crippen LogP contribution in [0.1, 0.15) is 66.9 Å². The zero-order chi connectivity index (χ0) is 32.4. The van der Waals surface area contributed by atoms with E-state index in [9.17, 15) is 23.6 Å². The maximum atomic E-state index is 13.6. The number of likely N-dealkylation sites (tertiary alicyclic amines) is 1. The number of aromatic nitrogens is 3. The van der Waals surface area contributed by atoms with E-state index in [1.165, 1.54) is 17.0 Å². The predicted molar refractivity (Wildman–Crippen MR) is 163 cm³/mol. The average molecular weight is 639 g/mol. The SMILES string of the molecule is Cc1nc2n(c(=O)c1CCN1CCC(c3noc4cc(F)ccc34)CC1)CCCC2OCC(=O)N1CCN(C(=O)CC(=O)O)CC1. The lowest BCUT2D eigenvalue weighted by Crippen LogP contribution is -2.51. The molecule has 3 aliphatic heterocycles. The molecular weight excluding hydrogens is 599 g/mol. The Hall–Kier alpha value is -4.17. The fourth-order valence-corrected chi connectivity index (χ4v) is 6.83. The summed E-state index contributed by atoms with van der Waals surface area (Å²) in [4.78, 5) is 59.5. The van der Waals surface area contributed by atoms with Gasteiger partial charge in [0, 0.05) is 67.9 Å². The second-order valence-corrected chi connectivity index (χ2v) is 12.3. The largest absolute Gasteiger partial charge is 0.481 e. The molecule has 0 bridgehead atoms. The van der Waals surface area contributed by atoms with E-state index in [4.69, 9.17) is 19.4 Å². The summed E-state index contributed by atoms with van der Waals surface area (Å²) < 4.78 is 26.6.